The third kappa shape index (κ3) is 4.35. The zero-order chi connectivity index (χ0) is 19.5. The molecule has 136 valence electrons. The lowest BCUT2D eigenvalue weighted by atomic mass is 10.1. The second-order valence-corrected chi connectivity index (χ2v) is 6.92. The number of thioether (sulfide) groups is 1. The monoisotopic (exact) mass is 379 g/mol. The third-order valence-corrected chi connectivity index (χ3v) is 4.72. The molecule has 2 aromatic rings. The number of rotatable bonds is 4. The van der Waals surface area contributed by atoms with E-state index in [2.05, 4.69) is 4.98 Å². The second-order valence-electron chi connectivity index (χ2n) is 5.59. The van der Waals surface area contributed by atoms with Crippen LogP contribution in [0.4, 0.5) is 18.9 Å². The van der Waals surface area contributed by atoms with Crippen LogP contribution in [0.5, 0.6) is 0 Å². The van der Waals surface area contributed by atoms with Gasteiger partial charge < -0.3 is 4.90 Å². The molecular formula is C18H16F3N3OS. The van der Waals surface area contributed by atoms with Crippen LogP contribution >= 0.6 is 11.8 Å². The zero-order valence-corrected chi connectivity index (χ0v) is 15.1. The summed E-state index contributed by atoms with van der Waals surface area (Å²) in [5.41, 5.74) is -0.797. The van der Waals surface area contributed by atoms with Crippen LogP contribution in [0.25, 0.3) is 0 Å². The Kier molecular flexibility index (Phi) is 5.93. The minimum Gasteiger partial charge on any atom is -0.315 e. The molecule has 0 saturated carbocycles. The van der Waals surface area contributed by atoms with Gasteiger partial charge in [-0.15, -0.1) is 0 Å². The number of hydrogen-bond acceptors (Lipinski definition) is 4. The number of carbonyl (C=O) groups is 1. The number of benzene rings is 1. The van der Waals surface area contributed by atoms with Gasteiger partial charge in [-0.3, -0.25) is 4.79 Å². The van der Waals surface area contributed by atoms with Gasteiger partial charge in [-0.05, 0) is 32.0 Å². The summed E-state index contributed by atoms with van der Waals surface area (Å²) < 4.78 is 39.5. The molecule has 2 rings (SSSR count). The topological polar surface area (TPSA) is 57.0 Å². The molecule has 1 atom stereocenters. The van der Waals surface area contributed by atoms with E-state index in [-0.39, 0.29) is 16.6 Å². The highest BCUT2D eigenvalue weighted by Gasteiger charge is 2.36. The Morgan fingerprint density at radius 1 is 1.31 bits per heavy atom. The number of aromatic nitrogens is 1. The Hall–Kier alpha value is -2.53. The second kappa shape index (κ2) is 7.79. The highest BCUT2D eigenvalue weighted by molar-refractivity contribution is 8.00. The molecule has 1 amide bonds. The number of hydrogen-bond donors (Lipinski definition) is 0. The predicted octanol–water partition coefficient (Wildman–Crippen LogP) is 4.42. The molecule has 0 bridgehead atoms. The van der Waals surface area contributed by atoms with Crippen molar-refractivity contribution in [2.45, 2.75) is 30.3 Å². The van der Waals surface area contributed by atoms with E-state index in [4.69, 9.17) is 0 Å². The number of nitriles is 1. The Balaban J connectivity index is 2.32. The largest absolute Gasteiger partial charge is 0.417 e. The van der Waals surface area contributed by atoms with Crippen molar-refractivity contribution in [1.29, 1.82) is 5.26 Å². The summed E-state index contributed by atoms with van der Waals surface area (Å²) in [6, 6.07) is 11.3. The van der Waals surface area contributed by atoms with Crippen molar-refractivity contribution < 1.29 is 18.0 Å². The molecule has 1 heterocycles. The van der Waals surface area contributed by atoms with Crippen LogP contribution in [0.15, 0.2) is 41.4 Å². The molecule has 0 aliphatic carbocycles. The van der Waals surface area contributed by atoms with Gasteiger partial charge in [0.05, 0.1) is 16.4 Å². The van der Waals surface area contributed by atoms with E-state index < -0.39 is 22.6 Å². The van der Waals surface area contributed by atoms with Crippen LogP contribution in [-0.2, 0) is 11.0 Å². The van der Waals surface area contributed by atoms with E-state index in [0.717, 1.165) is 17.8 Å². The number of pyridine rings is 1. The molecule has 1 aromatic heterocycles. The van der Waals surface area contributed by atoms with E-state index >= 15 is 0 Å². The van der Waals surface area contributed by atoms with Crippen molar-refractivity contribution in [2.75, 3.05) is 11.9 Å². The quantitative estimate of drug-likeness (QED) is 0.738. The van der Waals surface area contributed by atoms with Gasteiger partial charge in [0, 0.05) is 18.4 Å². The zero-order valence-electron chi connectivity index (χ0n) is 14.3. The predicted molar refractivity (Wildman–Crippen MR) is 93.9 cm³/mol. The molecule has 0 aliphatic heterocycles. The summed E-state index contributed by atoms with van der Waals surface area (Å²) in [6.45, 7) is 2.99. The van der Waals surface area contributed by atoms with Gasteiger partial charge in [0.15, 0.2) is 0 Å². The first-order valence-electron chi connectivity index (χ1n) is 7.63. The van der Waals surface area contributed by atoms with Crippen LogP contribution in [0.3, 0.4) is 0 Å². The Labute approximate surface area is 153 Å². The molecule has 4 nitrogen and oxygen atoms in total. The number of halogens is 3. The Morgan fingerprint density at radius 3 is 2.46 bits per heavy atom. The lowest BCUT2D eigenvalue weighted by molar-refractivity contribution is -0.138. The maximum Gasteiger partial charge on any atom is 0.417 e. The summed E-state index contributed by atoms with van der Waals surface area (Å²) in [7, 11) is 1.59. The number of amides is 1. The lowest BCUT2D eigenvalue weighted by Crippen LogP contribution is -2.33. The summed E-state index contributed by atoms with van der Waals surface area (Å²) >= 11 is 0.846. The number of alkyl halides is 3. The highest BCUT2D eigenvalue weighted by Crippen LogP contribution is 2.37. The fourth-order valence-electron chi connectivity index (χ4n) is 2.33. The average Bonchev–Trinajstić information content (AvgIpc) is 2.60. The van der Waals surface area contributed by atoms with Gasteiger partial charge in [-0.2, -0.15) is 18.4 Å². The lowest BCUT2D eigenvalue weighted by Gasteiger charge is -2.21. The van der Waals surface area contributed by atoms with E-state index in [1.165, 1.54) is 11.8 Å². The first-order chi connectivity index (χ1) is 12.1. The van der Waals surface area contributed by atoms with Crippen molar-refractivity contribution in [2.24, 2.45) is 0 Å². The van der Waals surface area contributed by atoms with Crippen molar-refractivity contribution in [3.8, 4) is 6.07 Å². The maximum absolute atomic E-state index is 13.2. The molecule has 0 radical (unpaired) electrons. The fraction of sp³-hybridized carbons (Fsp3) is 0.278. The minimum atomic E-state index is -4.66. The molecule has 0 N–H and O–H groups in total. The van der Waals surface area contributed by atoms with Crippen LogP contribution in [0.2, 0.25) is 0 Å². The van der Waals surface area contributed by atoms with Crippen molar-refractivity contribution >= 4 is 23.4 Å². The van der Waals surface area contributed by atoms with Gasteiger partial charge in [0.2, 0.25) is 5.91 Å². The first kappa shape index (κ1) is 19.8. The van der Waals surface area contributed by atoms with Crippen LogP contribution in [-0.4, -0.2) is 23.2 Å². The first-order valence-corrected chi connectivity index (χ1v) is 8.51. The van der Waals surface area contributed by atoms with Crippen molar-refractivity contribution in [3.63, 3.8) is 0 Å². The minimum absolute atomic E-state index is 0.0952. The molecule has 0 spiro atoms. The van der Waals surface area contributed by atoms with Gasteiger partial charge in [-0.25, -0.2) is 4.98 Å². The van der Waals surface area contributed by atoms with E-state index in [9.17, 15) is 23.2 Å². The van der Waals surface area contributed by atoms with E-state index in [1.54, 1.807) is 44.3 Å². The van der Waals surface area contributed by atoms with Gasteiger partial charge >= 0.3 is 6.18 Å². The van der Waals surface area contributed by atoms with E-state index in [1.807, 2.05) is 6.07 Å². The van der Waals surface area contributed by atoms with Gasteiger partial charge in [0.1, 0.15) is 11.1 Å². The van der Waals surface area contributed by atoms with Crippen molar-refractivity contribution in [3.05, 3.63) is 53.2 Å². The number of carbonyl (C=O) groups excluding carboxylic acids is 1. The maximum atomic E-state index is 13.2. The number of para-hydroxylation sites is 1. The standard InChI is InChI=1S/C18H16F3N3OS/c1-11-9-15(18(19,20)21)14(10-22)16(23-11)26-12(2)17(25)24(3)13-7-5-4-6-8-13/h4-9,12H,1-3H3. The third-order valence-electron chi connectivity index (χ3n) is 3.64. The summed E-state index contributed by atoms with van der Waals surface area (Å²) in [6.07, 6.45) is -4.66. The normalized spacial score (nSPS) is 12.3. The molecule has 26 heavy (non-hydrogen) atoms. The molecule has 0 fully saturated rings. The smallest absolute Gasteiger partial charge is 0.315 e. The molecule has 0 aliphatic rings. The Morgan fingerprint density at radius 2 is 1.92 bits per heavy atom. The van der Waals surface area contributed by atoms with Crippen molar-refractivity contribution in [1.82, 2.24) is 4.98 Å². The summed E-state index contributed by atoms with van der Waals surface area (Å²) in [5, 5.41) is 8.38. The molecule has 1 aromatic carbocycles. The highest BCUT2D eigenvalue weighted by atomic mass is 32.2. The average molecular weight is 379 g/mol. The van der Waals surface area contributed by atoms with Crippen LogP contribution in [0, 0.1) is 18.3 Å². The molecule has 0 saturated heterocycles. The number of aryl methyl sites for hydroxylation is 1. The van der Waals surface area contributed by atoms with Gasteiger partial charge in [0.25, 0.3) is 0 Å². The van der Waals surface area contributed by atoms with Gasteiger partial charge in [-0.1, -0.05) is 30.0 Å². The summed E-state index contributed by atoms with van der Waals surface area (Å²) in [5.74, 6) is -0.304. The number of nitrogens with zero attached hydrogens (tertiary/aromatic N) is 3. The Bertz CT molecular complexity index is 847. The van der Waals surface area contributed by atoms with Crippen LogP contribution in [0.1, 0.15) is 23.7 Å². The molecular weight excluding hydrogens is 363 g/mol. The molecule has 8 heteroatoms. The molecule has 1 unspecified atom stereocenters. The number of anilines is 1. The van der Waals surface area contributed by atoms with E-state index in [0.29, 0.717) is 5.69 Å². The summed E-state index contributed by atoms with van der Waals surface area (Å²) in [4.78, 5) is 18.0. The SMILES string of the molecule is Cc1cc(C(F)(F)F)c(C#N)c(SC(C)C(=O)N(C)c2ccccc2)n1. The van der Waals surface area contributed by atoms with Crippen LogP contribution < -0.4 is 4.90 Å². The fourth-order valence-corrected chi connectivity index (χ4v) is 3.39.